The number of anilines is 1. The number of esters is 1. The Morgan fingerprint density at radius 2 is 2.08 bits per heavy atom. The summed E-state index contributed by atoms with van der Waals surface area (Å²) in [6, 6.07) is 6.07. The number of carbonyl (C=O) groups is 2. The van der Waals surface area contributed by atoms with Gasteiger partial charge in [0.1, 0.15) is 6.54 Å². The first-order valence-electron chi connectivity index (χ1n) is 8.16. The Bertz CT molecular complexity index is 747. The van der Waals surface area contributed by atoms with Crippen molar-refractivity contribution >= 4 is 27.6 Å². The van der Waals surface area contributed by atoms with Crippen molar-refractivity contribution in [1.82, 2.24) is 4.90 Å². The first-order valence-corrected chi connectivity index (χ1v) is 10.0. The molecule has 1 aromatic carbocycles. The second-order valence-electron chi connectivity index (χ2n) is 6.40. The summed E-state index contributed by atoms with van der Waals surface area (Å²) in [5.41, 5.74) is 0.497. The van der Waals surface area contributed by atoms with E-state index in [-0.39, 0.29) is 23.7 Å². The smallest absolute Gasteiger partial charge is 0.337 e. The van der Waals surface area contributed by atoms with Crippen LogP contribution >= 0.6 is 0 Å². The second-order valence-corrected chi connectivity index (χ2v) is 8.31. The van der Waals surface area contributed by atoms with Gasteiger partial charge in [0.05, 0.1) is 24.6 Å². The fourth-order valence-corrected chi connectivity index (χ4v) is 3.79. The molecule has 1 aliphatic rings. The van der Waals surface area contributed by atoms with Crippen LogP contribution in [0.3, 0.4) is 0 Å². The minimum absolute atomic E-state index is 0.229. The molecule has 1 unspecified atom stereocenters. The Morgan fingerprint density at radius 3 is 2.68 bits per heavy atom. The maximum Gasteiger partial charge on any atom is 0.337 e. The first kappa shape index (κ1) is 19.2. The lowest BCUT2D eigenvalue weighted by molar-refractivity contribution is -0.131. The maximum absolute atomic E-state index is 12.6. The molecule has 7 nitrogen and oxygen atoms in total. The summed E-state index contributed by atoms with van der Waals surface area (Å²) < 4.78 is 30.1. The predicted octanol–water partition coefficient (Wildman–Crippen LogP) is 1.50. The third-order valence-corrected chi connectivity index (χ3v) is 5.38. The topological polar surface area (TPSA) is 84.0 Å². The fourth-order valence-electron chi connectivity index (χ4n) is 2.94. The van der Waals surface area contributed by atoms with Crippen LogP contribution in [0.25, 0.3) is 0 Å². The summed E-state index contributed by atoms with van der Waals surface area (Å²) in [7, 11) is -2.43. The van der Waals surface area contributed by atoms with Crippen LogP contribution in [0.1, 0.15) is 30.1 Å². The van der Waals surface area contributed by atoms with Crippen molar-refractivity contribution in [1.29, 1.82) is 0 Å². The van der Waals surface area contributed by atoms with Crippen LogP contribution < -0.4 is 4.31 Å². The van der Waals surface area contributed by atoms with E-state index in [1.165, 1.54) is 19.2 Å². The molecule has 1 fully saturated rings. The maximum atomic E-state index is 12.6. The highest BCUT2D eigenvalue weighted by Gasteiger charge is 2.27. The Balaban J connectivity index is 2.25. The molecule has 1 amide bonds. The molecule has 0 saturated carbocycles. The van der Waals surface area contributed by atoms with E-state index in [1.807, 2.05) is 0 Å². The van der Waals surface area contributed by atoms with E-state index in [2.05, 4.69) is 11.7 Å². The Kier molecular flexibility index (Phi) is 6.05. The van der Waals surface area contributed by atoms with Crippen LogP contribution in [0.2, 0.25) is 0 Å². The van der Waals surface area contributed by atoms with Crippen molar-refractivity contribution in [2.45, 2.75) is 19.8 Å². The summed E-state index contributed by atoms with van der Waals surface area (Å²) in [5, 5.41) is 0. The van der Waals surface area contributed by atoms with Gasteiger partial charge in [-0.05, 0) is 37.0 Å². The number of likely N-dealkylation sites (tertiary alicyclic amines) is 1. The molecule has 1 aliphatic heterocycles. The first-order chi connectivity index (χ1) is 11.7. The lowest BCUT2D eigenvalue weighted by Crippen LogP contribution is -2.46. The number of piperidine rings is 1. The highest BCUT2D eigenvalue weighted by atomic mass is 32.2. The number of nitrogens with zero attached hydrogens (tertiary/aromatic N) is 2. The number of rotatable bonds is 5. The highest BCUT2D eigenvalue weighted by Crippen LogP contribution is 2.21. The van der Waals surface area contributed by atoms with Gasteiger partial charge in [0.15, 0.2) is 0 Å². The largest absolute Gasteiger partial charge is 0.465 e. The van der Waals surface area contributed by atoms with Gasteiger partial charge < -0.3 is 9.64 Å². The van der Waals surface area contributed by atoms with E-state index >= 15 is 0 Å². The molecule has 0 N–H and O–H groups in total. The van der Waals surface area contributed by atoms with Gasteiger partial charge in [-0.1, -0.05) is 13.0 Å². The summed E-state index contributed by atoms with van der Waals surface area (Å²) in [4.78, 5) is 26.0. The molecule has 1 saturated heterocycles. The zero-order valence-corrected chi connectivity index (χ0v) is 15.6. The molecule has 0 spiro atoms. The molecular formula is C17H24N2O5S. The number of amides is 1. The second kappa shape index (κ2) is 7.86. The lowest BCUT2D eigenvalue weighted by atomic mass is 10.0. The van der Waals surface area contributed by atoms with Gasteiger partial charge in [0.25, 0.3) is 0 Å². The molecule has 25 heavy (non-hydrogen) atoms. The standard InChI is InChI=1S/C17H24N2O5S/c1-13-6-5-9-18(11-13)16(20)12-19(25(3,22)23)15-8-4-7-14(10-15)17(21)24-2/h4,7-8,10,13H,5-6,9,11-12H2,1-3H3. The normalized spacial score (nSPS) is 17.9. The van der Waals surface area contributed by atoms with E-state index in [9.17, 15) is 18.0 Å². The van der Waals surface area contributed by atoms with Crippen molar-refractivity contribution in [3.05, 3.63) is 29.8 Å². The molecule has 8 heteroatoms. The summed E-state index contributed by atoms with van der Waals surface area (Å²) in [5.74, 6) is -0.390. The molecule has 2 rings (SSSR count). The minimum Gasteiger partial charge on any atom is -0.465 e. The summed E-state index contributed by atoms with van der Waals surface area (Å²) >= 11 is 0. The molecule has 0 aliphatic carbocycles. The van der Waals surface area contributed by atoms with Crippen molar-refractivity contribution in [3.8, 4) is 0 Å². The zero-order chi connectivity index (χ0) is 18.6. The highest BCUT2D eigenvalue weighted by molar-refractivity contribution is 7.92. The zero-order valence-electron chi connectivity index (χ0n) is 14.8. The number of benzene rings is 1. The minimum atomic E-state index is -3.68. The monoisotopic (exact) mass is 368 g/mol. The third kappa shape index (κ3) is 4.94. The average Bonchev–Trinajstić information content (AvgIpc) is 2.57. The van der Waals surface area contributed by atoms with Crippen LogP contribution in [0.15, 0.2) is 24.3 Å². The number of carbonyl (C=O) groups excluding carboxylic acids is 2. The molecular weight excluding hydrogens is 344 g/mol. The number of methoxy groups -OCH3 is 1. The van der Waals surface area contributed by atoms with Crippen molar-refractivity contribution in [2.24, 2.45) is 5.92 Å². The van der Waals surface area contributed by atoms with Crippen molar-refractivity contribution in [3.63, 3.8) is 0 Å². The van der Waals surface area contributed by atoms with E-state index in [1.54, 1.807) is 17.0 Å². The van der Waals surface area contributed by atoms with Gasteiger partial charge in [0.2, 0.25) is 15.9 Å². The van der Waals surface area contributed by atoms with Crippen LogP contribution in [0.5, 0.6) is 0 Å². The van der Waals surface area contributed by atoms with Crippen molar-refractivity contribution in [2.75, 3.05) is 37.3 Å². The molecule has 0 radical (unpaired) electrons. The molecule has 1 aromatic rings. The third-order valence-electron chi connectivity index (χ3n) is 4.24. The number of hydrogen-bond acceptors (Lipinski definition) is 5. The van der Waals surface area contributed by atoms with Gasteiger partial charge in [-0.2, -0.15) is 0 Å². The molecule has 1 atom stereocenters. The van der Waals surface area contributed by atoms with Crippen LogP contribution in [0, 0.1) is 5.92 Å². The van der Waals surface area contributed by atoms with Crippen LogP contribution in [-0.2, 0) is 19.6 Å². The Hall–Kier alpha value is -2.09. The van der Waals surface area contributed by atoms with Gasteiger partial charge in [0, 0.05) is 13.1 Å². The SMILES string of the molecule is COC(=O)c1cccc(N(CC(=O)N2CCCC(C)C2)S(C)(=O)=O)c1. The Labute approximate surface area is 148 Å². The Morgan fingerprint density at radius 1 is 1.36 bits per heavy atom. The number of ether oxygens (including phenoxy) is 1. The van der Waals surface area contributed by atoms with Crippen LogP contribution in [0.4, 0.5) is 5.69 Å². The predicted molar refractivity (Wildman–Crippen MR) is 94.9 cm³/mol. The summed E-state index contributed by atoms with van der Waals surface area (Å²) in [6.45, 7) is 3.07. The summed E-state index contributed by atoms with van der Waals surface area (Å²) in [6.07, 6.45) is 3.04. The van der Waals surface area contributed by atoms with Gasteiger partial charge in [-0.3, -0.25) is 9.10 Å². The average molecular weight is 368 g/mol. The van der Waals surface area contributed by atoms with Gasteiger partial charge in [-0.15, -0.1) is 0 Å². The lowest BCUT2D eigenvalue weighted by Gasteiger charge is -2.33. The molecule has 1 heterocycles. The van der Waals surface area contributed by atoms with E-state index in [0.717, 1.165) is 23.4 Å². The molecule has 0 bridgehead atoms. The fraction of sp³-hybridized carbons (Fsp3) is 0.529. The number of hydrogen-bond donors (Lipinski definition) is 0. The quantitative estimate of drug-likeness (QED) is 0.736. The van der Waals surface area contributed by atoms with E-state index in [0.29, 0.717) is 19.0 Å². The van der Waals surface area contributed by atoms with Crippen molar-refractivity contribution < 1.29 is 22.7 Å². The number of sulfonamides is 1. The van der Waals surface area contributed by atoms with Gasteiger partial charge in [-0.25, -0.2) is 13.2 Å². The van der Waals surface area contributed by atoms with E-state index < -0.39 is 16.0 Å². The molecule has 138 valence electrons. The van der Waals surface area contributed by atoms with Crippen LogP contribution in [-0.4, -0.2) is 58.2 Å². The molecule has 0 aromatic heterocycles. The van der Waals surface area contributed by atoms with Gasteiger partial charge >= 0.3 is 5.97 Å². The van der Waals surface area contributed by atoms with E-state index in [4.69, 9.17) is 0 Å².